The Morgan fingerprint density at radius 1 is 0.897 bits per heavy atom. The quantitative estimate of drug-likeness (QED) is 0.673. The number of ketones is 1. The normalized spacial score (nSPS) is 29.1. The number of benzene rings is 2. The van der Waals surface area contributed by atoms with Crippen molar-refractivity contribution in [1.29, 1.82) is 0 Å². The second-order valence-corrected chi connectivity index (χ2v) is 15.6. The number of carbonyl (C=O) groups excluding carboxylic acids is 1. The highest BCUT2D eigenvalue weighted by atomic mass is 28.3. The second kappa shape index (κ2) is 6.65. The van der Waals surface area contributed by atoms with E-state index in [9.17, 15) is 4.79 Å². The molecule has 154 valence electrons. The number of Topliss-reactive ketones (excluding diaryl/α,β-unsaturated/α-hetero) is 1. The minimum Gasteiger partial charge on any atom is -0.371 e. The van der Waals surface area contributed by atoms with E-state index in [2.05, 4.69) is 102 Å². The Balaban J connectivity index is 2.06. The summed E-state index contributed by atoms with van der Waals surface area (Å²) in [7, 11) is -2.37. The van der Waals surface area contributed by atoms with Crippen molar-refractivity contribution >= 4 is 24.2 Å². The molecule has 2 fully saturated rings. The van der Waals surface area contributed by atoms with Gasteiger partial charge in [0, 0.05) is 6.42 Å². The third-order valence-corrected chi connectivity index (χ3v) is 14.8. The van der Waals surface area contributed by atoms with Crippen LogP contribution in [-0.2, 0) is 9.53 Å². The molecule has 2 aromatic carbocycles. The fourth-order valence-electron chi connectivity index (χ4n) is 6.36. The third kappa shape index (κ3) is 2.74. The van der Waals surface area contributed by atoms with Gasteiger partial charge >= 0.3 is 0 Å². The summed E-state index contributed by atoms with van der Waals surface area (Å²) in [5.74, 6) is 0.358. The molecule has 0 aliphatic carbocycles. The van der Waals surface area contributed by atoms with E-state index in [-0.39, 0.29) is 11.1 Å². The third-order valence-electron chi connectivity index (χ3n) is 8.09. The fourth-order valence-corrected chi connectivity index (χ4v) is 13.6. The van der Waals surface area contributed by atoms with Crippen LogP contribution in [0.25, 0.3) is 0 Å². The van der Waals surface area contributed by atoms with Crippen molar-refractivity contribution in [3.05, 3.63) is 60.7 Å². The van der Waals surface area contributed by atoms with Gasteiger partial charge in [-0.2, -0.15) is 0 Å². The van der Waals surface area contributed by atoms with E-state index in [1.54, 1.807) is 0 Å². The van der Waals surface area contributed by atoms with Gasteiger partial charge in [-0.25, -0.2) is 0 Å². The first-order chi connectivity index (χ1) is 13.5. The van der Waals surface area contributed by atoms with Crippen molar-refractivity contribution in [2.24, 2.45) is 5.41 Å². The standard InChI is InChI=1S/C26H34O2Si/c1-24(2,3)29(20-13-9-7-10-14-20,21-15-11-8-12-16-21)23-18-19-17-22(27)25(4,5)26(23,6)28-19/h7-16,19,23H,17-18H2,1-6H3/t19-,23-,26-/m0/s1. The molecule has 29 heavy (non-hydrogen) atoms. The maximum atomic E-state index is 13.1. The average molecular weight is 407 g/mol. The van der Waals surface area contributed by atoms with Gasteiger partial charge < -0.3 is 4.74 Å². The molecule has 0 radical (unpaired) electrons. The molecule has 2 saturated heterocycles. The van der Waals surface area contributed by atoms with Gasteiger partial charge in [-0.05, 0) is 23.9 Å². The molecule has 2 nitrogen and oxygen atoms in total. The van der Waals surface area contributed by atoms with Gasteiger partial charge in [0.25, 0.3) is 0 Å². The second-order valence-electron chi connectivity index (χ2n) is 10.7. The molecule has 0 saturated carbocycles. The van der Waals surface area contributed by atoms with Crippen LogP contribution in [0.2, 0.25) is 10.6 Å². The summed E-state index contributed by atoms with van der Waals surface area (Å²) >= 11 is 0. The number of carbonyl (C=O) groups is 1. The summed E-state index contributed by atoms with van der Waals surface area (Å²) in [6, 6.07) is 22.2. The Morgan fingerprint density at radius 3 is 1.83 bits per heavy atom. The van der Waals surface area contributed by atoms with Crippen LogP contribution in [0.1, 0.15) is 54.4 Å². The molecule has 3 atom stereocenters. The molecule has 2 aromatic rings. The SMILES string of the molecule is CC1(C)C(=O)C[C@H]2C[C@H]([Si](c3ccccc3)(c3ccccc3)C(C)(C)C)[C@]1(C)O2. The summed E-state index contributed by atoms with van der Waals surface area (Å²) in [5, 5.41) is 2.96. The number of ether oxygens (including phenoxy) is 1. The first-order valence-electron chi connectivity index (χ1n) is 10.9. The minimum absolute atomic E-state index is 0.0483. The lowest BCUT2D eigenvalue weighted by Crippen LogP contribution is -2.71. The number of fused-ring (bicyclic) bond motifs is 2. The molecule has 4 rings (SSSR count). The Labute approximate surface area is 176 Å². The lowest BCUT2D eigenvalue weighted by Gasteiger charge is -2.56. The molecule has 2 aliphatic heterocycles. The van der Waals surface area contributed by atoms with Crippen LogP contribution in [0.3, 0.4) is 0 Å². The smallest absolute Gasteiger partial charge is 0.143 e. The molecule has 0 aromatic heterocycles. The van der Waals surface area contributed by atoms with Crippen LogP contribution in [0.5, 0.6) is 0 Å². The lowest BCUT2D eigenvalue weighted by atomic mass is 9.70. The van der Waals surface area contributed by atoms with Crippen LogP contribution in [0, 0.1) is 5.41 Å². The topological polar surface area (TPSA) is 26.3 Å². The van der Waals surface area contributed by atoms with Crippen molar-refractivity contribution in [1.82, 2.24) is 0 Å². The number of hydrogen-bond donors (Lipinski definition) is 0. The highest BCUT2D eigenvalue weighted by Gasteiger charge is 2.69. The van der Waals surface area contributed by atoms with Crippen molar-refractivity contribution < 1.29 is 9.53 Å². The molecule has 0 unspecified atom stereocenters. The summed E-state index contributed by atoms with van der Waals surface area (Å²) in [5.41, 5.74) is -0.623. The van der Waals surface area contributed by atoms with Crippen molar-refractivity contribution in [3.8, 4) is 0 Å². The van der Waals surface area contributed by atoms with Gasteiger partial charge in [0.15, 0.2) is 0 Å². The van der Waals surface area contributed by atoms with Crippen molar-refractivity contribution in [2.75, 3.05) is 0 Å². The van der Waals surface area contributed by atoms with Gasteiger partial charge in [0.2, 0.25) is 0 Å². The molecule has 2 bridgehead atoms. The Kier molecular flexibility index (Phi) is 4.71. The minimum atomic E-state index is -2.37. The predicted molar refractivity (Wildman–Crippen MR) is 123 cm³/mol. The van der Waals surface area contributed by atoms with Crippen LogP contribution in [-0.4, -0.2) is 25.6 Å². The van der Waals surface area contributed by atoms with Crippen LogP contribution < -0.4 is 10.4 Å². The van der Waals surface area contributed by atoms with E-state index in [1.807, 2.05) is 0 Å². The van der Waals surface area contributed by atoms with E-state index in [4.69, 9.17) is 4.74 Å². The van der Waals surface area contributed by atoms with Crippen LogP contribution in [0.15, 0.2) is 60.7 Å². The Hall–Kier alpha value is -1.71. The van der Waals surface area contributed by atoms with Crippen LogP contribution in [0.4, 0.5) is 0 Å². The molecule has 3 heteroatoms. The maximum Gasteiger partial charge on any atom is 0.143 e. The summed E-state index contributed by atoms with van der Waals surface area (Å²) in [6.07, 6.45) is 1.57. The summed E-state index contributed by atoms with van der Waals surface area (Å²) < 4.78 is 6.74. The molecular formula is C26H34O2Si. The average Bonchev–Trinajstić information content (AvgIpc) is 2.97. The van der Waals surface area contributed by atoms with E-state index in [0.29, 0.717) is 17.7 Å². The predicted octanol–water partition coefficient (Wildman–Crippen LogP) is 4.97. The van der Waals surface area contributed by atoms with Gasteiger partial charge in [0.1, 0.15) is 13.9 Å². The zero-order valence-corrected chi connectivity index (χ0v) is 19.7. The highest BCUT2D eigenvalue weighted by molar-refractivity contribution is 7.05. The van der Waals surface area contributed by atoms with Gasteiger partial charge in [-0.15, -0.1) is 0 Å². The summed E-state index contributed by atoms with van der Waals surface area (Å²) in [6.45, 7) is 13.7. The molecule has 0 amide bonds. The van der Waals surface area contributed by atoms with Crippen molar-refractivity contribution in [3.63, 3.8) is 0 Å². The molecule has 0 N–H and O–H groups in total. The number of hydrogen-bond acceptors (Lipinski definition) is 2. The molecular weight excluding hydrogens is 372 g/mol. The largest absolute Gasteiger partial charge is 0.371 e. The highest BCUT2D eigenvalue weighted by Crippen LogP contribution is 2.62. The fraction of sp³-hybridized carbons (Fsp3) is 0.500. The van der Waals surface area contributed by atoms with E-state index in [1.165, 1.54) is 10.4 Å². The Morgan fingerprint density at radius 2 is 1.38 bits per heavy atom. The molecule has 2 heterocycles. The first kappa shape index (κ1) is 20.6. The maximum absolute atomic E-state index is 13.1. The van der Waals surface area contributed by atoms with Crippen LogP contribution >= 0.6 is 0 Å². The lowest BCUT2D eigenvalue weighted by molar-refractivity contribution is -0.168. The monoisotopic (exact) mass is 406 g/mol. The molecule has 0 spiro atoms. The summed E-state index contributed by atoms with van der Waals surface area (Å²) in [4.78, 5) is 13.1. The zero-order chi connectivity index (χ0) is 21.1. The van der Waals surface area contributed by atoms with Gasteiger partial charge in [0.05, 0.1) is 17.1 Å². The van der Waals surface area contributed by atoms with Gasteiger partial charge in [-0.1, -0.05) is 106 Å². The van der Waals surface area contributed by atoms with Crippen molar-refractivity contribution in [2.45, 2.75) is 76.7 Å². The number of rotatable bonds is 3. The van der Waals surface area contributed by atoms with Gasteiger partial charge in [-0.3, -0.25) is 4.79 Å². The Bertz CT molecular complexity index is 858. The van der Waals surface area contributed by atoms with E-state index < -0.39 is 19.1 Å². The zero-order valence-electron chi connectivity index (χ0n) is 18.7. The van der Waals surface area contributed by atoms with E-state index in [0.717, 1.165) is 6.42 Å². The molecule has 2 aliphatic rings. The first-order valence-corrected chi connectivity index (χ1v) is 12.9. The van der Waals surface area contributed by atoms with E-state index >= 15 is 0 Å².